The number of pyridine rings is 1. The molecule has 0 bridgehead atoms. The van der Waals surface area contributed by atoms with E-state index >= 15 is 0 Å². The lowest BCUT2D eigenvalue weighted by molar-refractivity contribution is 0.194. The van der Waals surface area contributed by atoms with E-state index in [1.807, 2.05) is 36.4 Å². The van der Waals surface area contributed by atoms with E-state index < -0.39 is 6.10 Å². The smallest absolute Gasteiger partial charge is 0.126 e. The van der Waals surface area contributed by atoms with Gasteiger partial charge in [-0.15, -0.1) is 0 Å². The Kier molecular flexibility index (Phi) is 5.17. The first-order chi connectivity index (χ1) is 10.2. The lowest BCUT2D eigenvalue weighted by Crippen LogP contribution is -2.24. The normalized spacial score (nSPS) is 12.0. The molecule has 1 N–H and O–H groups in total. The molecule has 2 aromatic rings. The van der Waals surface area contributed by atoms with Crippen LogP contribution in [0.15, 0.2) is 42.6 Å². The predicted molar refractivity (Wildman–Crippen MR) is 84.6 cm³/mol. The van der Waals surface area contributed by atoms with Gasteiger partial charge in [0.2, 0.25) is 0 Å². The summed E-state index contributed by atoms with van der Waals surface area (Å²) >= 11 is 0. The predicted octanol–water partition coefficient (Wildman–Crippen LogP) is 3.17. The van der Waals surface area contributed by atoms with E-state index in [1.54, 1.807) is 20.2 Å². The van der Waals surface area contributed by atoms with Gasteiger partial charge >= 0.3 is 0 Å². The Balaban J connectivity index is 2.38. The van der Waals surface area contributed by atoms with Crippen LogP contribution in [0.5, 0.6) is 5.75 Å². The molecule has 0 radical (unpaired) electrons. The highest BCUT2D eigenvalue weighted by atomic mass is 16.5. The Labute approximate surface area is 126 Å². The first-order valence-electron chi connectivity index (χ1n) is 7.17. The van der Waals surface area contributed by atoms with Gasteiger partial charge in [-0.3, -0.25) is 4.98 Å². The van der Waals surface area contributed by atoms with Gasteiger partial charge in [-0.25, -0.2) is 0 Å². The van der Waals surface area contributed by atoms with E-state index in [0.29, 0.717) is 12.3 Å². The highest BCUT2D eigenvalue weighted by Crippen LogP contribution is 2.35. The van der Waals surface area contributed by atoms with Crippen molar-refractivity contribution in [3.63, 3.8) is 0 Å². The Hall–Kier alpha value is -2.07. The largest absolute Gasteiger partial charge is 0.496 e. The topological polar surface area (TPSA) is 45.6 Å². The van der Waals surface area contributed by atoms with E-state index in [2.05, 4.69) is 16.8 Å². The quantitative estimate of drug-likeness (QED) is 0.886. The summed E-state index contributed by atoms with van der Waals surface area (Å²) in [6, 6.07) is 11.7. The number of hydrogen-bond donors (Lipinski definition) is 1. The molecule has 2 rings (SSSR count). The van der Waals surface area contributed by atoms with Crippen LogP contribution >= 0.6 is 0 Å². The number of benzene rings is 1. The standard InChI is InChI=1S/C17H22N2O2/c1-4-19(12-14-8-5-6-11-18-14)15-9-7-10-16(21-3)17(15)13(2)20/h5-11,13,20H,4,12H2,1-3H3/t13-/m1/s1. The Bertz CT molecular complexity index is 570. The third-order valence-corrected chi connectivity index (χ3v) is 3.48. The van der Waals surface area contributed by atoms with E-state index in [1.165, 1.54) is 0 Å². The van der Waals surface area contributed by atoms with Crippen molar-refractivity contribution in [2.24, 2.45) is 0 Å². The van der Waals surface area contributed by atoms with Gasteiger partial charge in [-0.1, -0.05) is 12.1 Å². The van der Waals surface area contributed by atoms with Crippen LogP contribution in [0.2, 0.25) is 0 Å². The molecule has 0 unspecified atom stereocenters. The highest BCUT2D eigenvalue weighted by Gasteiger charge is 2.18. The molecule has 1 heterocycles. The molecule has 0 fully saturated rings. The number of aliphatic hydroxyl groups excluding tert-OH is 1. The molecule has 0 saturated heterocycles. The van der Waals surface area contributed by atoms with Gasteiger partial charge in [-0.2, -0.15) is 0 Å². The third kappa shape index (κ3) is 3.52. The van der Waals surface area contributed by atoms with Gasteiger partial charge in [0.05, 0.1) is 25.5 Å². The fraction of sp³-hybridized carbons (Fsp3) is 0.353. The van der Waals surface area contributed by atoms with Crippen molar-refractivity contribution in [3.05, 3.63) is 53.9 Å². The summed E-state index contributed by atoms with van der Waals surface area (Å²) in [6.07, 6.45) is 1.21. The second-order valence-electron chi connectivity index (χ2n) is 4.90. The van der Waals surface area contributed by atoms with Crippen molar-refractivity contribution in [2.45, 2.75) is 26.5 Å². The molecule has 4 heteroatoms. The maximum absolute atomic E-state index is 10.1. The molecular formula is C17H22N2O2. The number of rotatable bonds is 6. The summed E-state index contributed by atoms with van der Waals surface area (Å²) in [6.45, 7) is 5.37. The minimum atomic E-state index is -0.589. The molecule has 0 aliphatic rings. The lowest BCUT2D eigenvalue weighted by atomic mass is 10.1. The summed E-state index contributed by atoms with van der Waals surface area (Å²) in [5, 5.41) is 10.1. The Morgan fingerprint density at radius 2 is 2.05 bits per heavy atom. The molecule has 0 saturated carbocycles. The zero-order chi connectivity index (χ0) is 15.2. The number of methoxy groups -OCH3 is 1. The van der Waals surface area contributed by atoms with Crippen molar-refractivity contribution in [2.75, 3.05) is 18.6 Å². The van der Waals surface area contributed by atoms with Crippen molar-refractivity contribution < 1.29 is 9.84 Å². The zero-order valence-electron chi connectivity index (χ0n) is 12.8. The van der Waals surface area contributed by atoms with Crippen LogP contribution in [-0.4, -0.2) is 23.7 Å². The molecule has 1 aromatic carbocycles. The number of hydrogen-bond acceptors (Lipinski definition) is 4. The van der Waals surface area contributed by atoms with E-state index in [0.717, 1.165) is 23.5 Å². The van der Waals surface area contributed by atoms with Crippen LogP contribution in [-0.2, 0) is 6.54 Å². The summed E-state index contributed by atoms with van der Waals surface area (Å²) in [4.78, 5) is 6.56. The zero-order valence-corrected chi connectivity index (χ0v) is 12.8. The van der Waals surface area contributed by atoms with Gasteiger partial charge in [0.25, 0.3) is 0 Å². The molecule has 1 aromatic heterocycles. The fourth-order valence-corrected chi connectivity index (χ4v) is 2.46. The van der Waals surface area contributed by atoms with E-state index in [-0.39, 0.29) is 0 Å². The number of ether oxygens (including phenoxy) is 1. The van der Waals surface area contributed by atoms with Gasteiger partial charge in [0.15, 0.2) is 0 Å². The third-order valence-electron chi connectivity index (χ3n) is 3.48. The minimum Gasteiger partial charge on any atom is -0.496 e. The van der Waals surface area contributed by atoms with Crippen molar-refractivity contribution in [1.82, 2.24) is 4.98 Å². The number of anilines is 1. The Morgan fingerprint density at radius 1 is 1.24 bits per heavy atom. The van der Waals surface area contributed by atoms with Crippen LogP contribution < -0.4 is 9.64 Å². The van der Waals surface area contributed by atoms with Crippen LogP contribution in [0.3, 0.4) is 0 Å². The van der Waals surface area contributed by atoms with Gasteiger partial charge in [0, 0.05) is 24.0 Å². The average molecular weight is 286 g/mol. The molecule has 0 amide bonds. The monoisotopic (exact) mass is 286 g/mol. The van der Waals surface area contributed by atoms with Crippen molar-refractivity contribution in [1.29, 1.82) is 0 Å². The molecule has 4 nitrogen and oxygen atoms in total. The lowest BCUT2D eigenvalue weighted by Gasteiger charge is -2.27. The Morgan fingerprint density at radius 3 is 2.62 bits per heavy atom. The first-order valence-corrected chi connectivity index (χ1v) is 7.17. The average Bonchev–Trinajstić information content (AvgIpc) is 2.52. The summed E-state index contributed by atoms with van der Waals surface area (Å²) < 4.78 is 5.39. The SMILES string of the molecule is CCN(Cc1ccccn1)c1cccc(OC)c1[C@@H](C)O. The van der Waals surface area contributed by atoms with Gasteiger partial charge < -0.3 is 14.7 Å². The molecular weight excluding hydrogens is 264 g/mol. The number of nitrogens with zero attached hydrogens (tertiary/aromatic N) is 2. The summed E-state index contributed by atoms with van der Waals surface area (Å²) in [5.74, 6) is 0.710. The molecule has 0 aliphatic heterocycles. The van der Waals surface area contributed by atoms with Gasteiger partial charge in [-0.05, 0) is 38.1 Å². The minimum absolute atomic E-state index is 0.589. The first kappa shape index (κ1) is 15.3. The summed E-state index contributed by atoms with van der Waals surface area (Å²) in [5.41, 5.74) is 2.80. The highest BCUT2D eigenvalue weighted by molar-refractivity contribution is 5.60. The van der Waals surface area contributed by atoms with Gasteiger partial charge in [0.1, 0.15) is 5.75 Å². The molecule has 112 valence electrons. The second-order valence-corrected chi connectivity index (χ2v) is 4.90. The second kappa shape index (κ2) is 7.09. The van der Waals surface area contributed by atoms with Crippen LogP contribution in [0, 0.1) is 0 Å². The number of aromatic nitrogens is 1. The maximum Gasteiger partial charge on any atom is 0.126 e. The molecule has 1 atom stereocenters. The van der Waals surface area contributed by atoms with Crippen molar-refractivity contribution >= 4 is 5.69 Å². The fourth-order valence-electron chi connectivity index (χ4n) is 2.46. The molecule has 21 heavy (non-hydrogen) atoms. The number of aliphatic hydroxyl groups is 1. The molecule has 0 aliphatic carbocycles. The van der Waals surface area contributed by atoms with Crippen LogP contribution in [0.4, 0.5) is 5.69 Å². The maximum atomic E-state index is 10.1. The van der Waals surface area contributed by atoms with Crippen LogP contribution in [0.1, 0.15) is 31.2 Å². The van der Waals surface area contributed by atoms with E-state index in [4.69, 9.17) is 4.74 Å². The van der Waals surface area contributed by atoms with E-state index in [9.17, 15) is 5.11 Å². The van der Waals surface area contributed by atoms with Crippen molar-refractivity contribution in [3.8, 4) is 5.75 Å². The van der Waals surface area contributed by atoms with Crippen LogP contribution in [0.25, 0.3) is 0 Å². The molecule has 0 spiro atoms. The summed E-state index contributed by atoms with van der Waals surface area (Å²) in [7, 11) is 1.63.